The third-order valence-electron chi connectivity index (χ3n) is 5.85. The Bertz CT molecular complexity index is 1510. The van der Waals surface area contributed by atoms with Gasteiger partial charge in [0.05, 0.1) is 52.7 Å². The molecule has 0 saturated heterocycles. The molecule has 0 fully saturated rings. The molecule has 0 amide bonds. The van der Waals surface area contributed by atoms with Crippen LogP contribution in [0.4, 0.5) is 0 Å². The highest BCUT2D eigenvalue weighted by molar-refractivity contribution is 6.38. The van der Waals surface area contributed by atoms with Crippen molar-refractivity contribution in [1.29, 1.82) is 0 Å². The van der Waals surface area contributed by atoms with E-state index in [-0.39, 0.29) is 12.7 Å². The maximum Gasteiger partial charge on any atom is 0.223 e. The van der Waals surface area contributed by atoms with Gasteiger partial charge in [-0.25, -0.2) is 9.97 Å². The van der Waals surface area contributed by atoms with Gasteiger partial charge in [-0.3, -0.25) is 4.98 Å². The second-order valence-electron chi connectivity index (χ2n) is 8.61. The molecule has 0 spiro atoms. The lowest BCUT2D eigenvalue weighted by Gasteiger charge is -2.18. The van der Waals surface area contributed by atoms with Crippen molar-refractivity contribution in [2.45, 2.75) is 26.6 Å². The van der Waals surface area contributed by atoms with Crippen LogP contribution in [0.3, 0.4) is 0 Å². The summed E-state index contributed by atoms with van der Waals surface area (Å²) in [6.45, 7) is 3.82. The van der Waals surface area contributed by atoms with Gasteiger partial charge in [-0.2, -0.15) is 0 Å². The number of hydrogen-bond acceptors (Lipinski definition) is 5. The molecule has 0 aliphatic rings. The molecule has 0 aliphatic heterocycles. The number of ether oxygens (including phenoxy) is 1. The molecule has 0 unspecified atom stereocenters. The van der Waals surface area contributed by atoms with Crippen LogP contribution in [0.1, 0.15) is 19.4 Å². The topological polar surface area (TPSA) is 73.1 Å². The van der Waals surface area contributed by atoms with Crippen molar-refractivity contribution in [3.05, 3.63) is 83.9 Å². The van der Waals surface area contributed by atoms with E-state index in [1.165, 1.54) is 0 Å². The second-order valence-corrected chi connectivity index (χ2v) is 8.99. The van der Waals surface area contributed by atoms with Gasteiger partial charge in [0.15, 0.2) is 0 Å². The van der Waals surface area contributed by atoms with Gasteiger partial charge in [-0.05, 0) is 48.7 Å². The van der Waals surface area contributed by atoms with Gasteiger partial charge in [-0.1, -0.05) is 48.0 Å². The summed E-state index contributed by atoms with van der Waals surface area (Å²) < 4.78 is 7.98. The van der Waals surface area contributed by atoms with Crippen LogP contribution in [0.2, 0.25) is 5.02 Å². The van der Waals surface area contributed by atoms with E-state index in [1.54, 1.807) is 18.7 Å². The molecule has 3 heterocycles. The first-order valence-electron chi connectivity index (χ1n) is 11.4. The molecular weight excluding hydrogens is 460 g/mol. The van der Waals surface area contributed by atoms with Gasteiger partial charge in [-0.15, -0.1) is 0 Å². The summed E-state index contributed by atoms with van der Waals surface area (Å²) in [5.74, 6) is 0.504. The molecular formula is C28H25ClN4O2. The minimum Gasteiger partial charge on any atom is -0.474 e. The molecule has 5 aromatic rings. The van der Waals surface area contributed by atoms with Crippen molar-refractivity contribution in [2.75, 3.05) is 0 Å². The van der Waals surface area contributed by atoms with Crippen molar-refractivity contribution in [1.82, 2.24) is 19.5 Å². The van der Waals surface area contributed by atoms with E-state index >= 15 is 0 Å². The molecule has 0 bridgehead atoms. The fourth-order valence-electron chi connectivity index (χ4n) is 4.26. The summed E-state index contributed by atoms with van der Waals surface area (Å²) in [5, 5.41) is 11.5. The van der Waals surface area contributed by atoms with Crippen molar-refractivity contribution in [3.8, 4) is 39.5 Å². The fraction of sp³-hybridized carbons (Fsp3) is 0.179. The summed E-state index contributed by atoms with van der Waals surface area (Å²) >= 11 is 7.06. The van der Waals surface area contributed by atoms with Crippen LogP contribution in [0.25, 0.3) is 44.5 Å². The highest BCUT2D eigenvalue weighted by atomic mass is 35.5. The summed E-state index contributed by atoms with van der Waals surface area (Å²) in [6, 6.07) is 17.6. The highest BCUT2D eigenvalue weighted by Crippen LogP contribution is 2.42. The van der Waals surface area contributed by atoms with Crippen LogP contribution in [-0.2, 0) is 13.7 Å². The summed E-state index contributed by atoms with van der Waals surface area (Å²) in [5.41, 5.74) is 6.49. The standard InChI is InChI=1S/C28H25ClN4O2/c1-17(2)35-28-25(18-7-5-4-6-8-18)26(29)21-13-19(9-10-22(21)32-28)24-20(15-34)11-12-31-27(24)23-14-30-16-33(23)3/h4-14,16-17,34H,15H2,1-3H3. The average molecular weight is 485 g/mol. The number of fused-ring (bicyclic) bond motifs is 1. The molecule has 35 heavy (non-hydrogen) atoms. The minimum atomic E-state index is -0.122. The zero-order chi connectivity index (χ0) is 24.5. The third-order valence-corrected chi connectivity index (χ3v) is 6.25. The minimum absolute atomic E-state index is 0.0540. The zero-order valence-corrected chi connectivity index (χ0v) is 20.5. The van der Waals surface area contributed by atoms with Gasteiger partial charge in [0.25, 0.3) is 0 Å². The van der Waals surface area contributed by atoms with E-state index < -0.39 is 0 Å². The molecule has 176 valence electrons. The molecule has 0 saturated carbocycles. The second kappa shape index (κ2) is 9.49. The van der Waals surface area contributed by atoms with E-state index in [9.17, 15) is 5.11 Å². The molecule has 7 heteroatoms. The number of nitrogens with zero attached hydrogens (tertiary/aromatic N) is 4. The molecule has 0 atom stereocenters. The third kappa shape index (κ3) is 4.27. The summed E-state index contributed by atoms with van der Waals surface area (Å²) in [4.78, 5) is 13.7. The number of pyridine rings is 2. The number of aromatic nitrogens is 4. The molecule has 2 aromatic carbocycles. The van der Waals surface area contributed by atoms with Crippen molar-refractivity contribution in [3.63, 3.8) is 0 Å². The predicted octanol–water partition coefficient (Wildman–Crippen LogP) is 6.30. The lowest BCUT2D eigenvalue weighted by molar-refractivity contribution is 0.234. The summed E-state index contributed by atoms with van der Waals surface area (Å²) in [6.07, 6.45) is 5.15. The SMILES string of the molecule is CC(C)Oc1nc2ccc(-c3c(CO)ccnc3-c3cncn3C)cc2c(Cl)c1-c1ccccc1. The van der Waals surface area contributed by atoms with Crippen LogP contribution in [0.5, 0.6) is 5.88 Å². The molecule has 1 N–H and O–H groups in total. The Morgan fingerprint density at radius 2 is 1.83 bits per heavy atom. The maximum atomic E-state index is 10.1. The van der Waals surface area contributed by atoms with Crippen molar-refractivity contribution >= 4 is 22.5 Å². The van der Waals surface area contributed by atoms with Crippen LogP contribution in [0.15, 0.2) is 73.3 Å². The molecule has 0 aliphatic carbocycles. The Morgan fingerprint density at radius 1 is 1.03 bits per heavy atom. The number of hydrogen-bond donors (Lipinski definition) is 1. The van der Waals surface area contributed by atoms with Gasteiger partial charge >= 0.3 is 0 Å². The Morgan fingerprint density at radius 3 is 2.51 bits per heavy atom. The number of benzene rings is 2. The predicted molar refractivity (Wildman–Crippen MR) is 139 cm³/mol. The van der Waals surface area contributed by atoms with E-state index in [2.05, 4.69) is 9.97 Å². The molecule has 0 radical (unpaired) electrons. The monoisotopic (exact) mass is 484 g/mol. The van der Waals surface area contributed by atoms with Gasteiger partial charge in [0.2, 0.25) is 5.88 Å². The number of aryl methyl sites for hydroxylation is 1. The van der Waals surface area contributed by atoms with E-state index in [0.717, 1.165) is 50.1 Å². The van der Waals surface area contributed by atoms with Crippen LogP contribution in [0, 0.1) is 0 Å². The smallest absolute Gasteiger partial charge is 0.223 e. The van der Waals surface area contributed by atoms with Crippen molar-refractivity contribution in [2.24, 2.45) is 7.05 Å². The molecule has 6 nitrogen and oxygen atoms in total. The highest BCUT2D eigenvalue weighted by Gasteiger charge is 2.21. The lowest BCUT2D eigenvalue weighted by Crippen LogP contribution is -2.08. The normalized spacial score (nSPS) is 11.4. The van der Waals surface area contributed by atoms with Crippen LogP contribution < -0.4 is 4.74 Å². The number of imidazole rings is 1. The first-order valence-corrected chi connectivity index (χ1v) is 11.8. The Kier molecular flexibility index (Phi) is 6.24. The van der Waals surface area contributed by atoms with Crippen molar-refractivity contribution < 1.29 is 9.84 Å². The molecule has 5 rings (SSSR count). The Hall–Kier alpha value is -3.74. The maximum absolute atomic E-state index is 10.1. The van der Waals surface area contributed by atoms with Gasteiger partial charge in [0.1, 0.15) is 0 Å². The number of aliphatic hydroxyl groups excluding tert-OH is 1. The first-order chi connectivity index (χ1) is 17.0. The zero-order valence-electron chi connectivity index (χ0n) is 19.7. The number of halogens is 1. The molecule has 3 aromatic heterocycles. The summed E-state index contributed by atoms with van der Waals surface area (Å²) in [7, 11) is 1.92. The average Bonchev–Trinajstić information content (AvgIpc) is 3.29. The number of aliphatic hydroxyl groups is 1. The van der Waals surface area contributed by atoms with E-state index in [4.69, 9.17) is 21.3 Å². The van der Waals surface area contributed by atoms with E-state index in [1.807, 2.05) is 80.1 Å². The Labute approximate surface area is 208 Å². The largest absolute Gasteiger partial charge is 0.474 e. The first kappa shape index (κ1) is 23.0. The van der Waals surface area contributed by atoms with Gasteiger partial charge in [0, 0.05) is 24.2 Å². The lowest BCUT2D eigenvalue weighted by atomic mass is 9.95. The van der Waals surface area contributed by atoms with E-state index in [0.29, 0.717) is 10.9 Å². The number of rotatable bonds is 6. The van der Waals surface area contributed by atoms with Crippen LogP contribution in [-0.4, -0.2) is 30.7 Å². The fourth-order valence-corrected chi connectivity index (χ4v) is 4.60. The van der Waals surface area contributed by atoms with Gasteiger partial charge < -0.3 is 14.4 Å². The Balaban J connectivity index is 1.77. The van der Waals surface area contributed by atoms with Crippen LogP contribution >= 0.6 is 11.6 Å². The quantitative estimate of drug-likeness (QED) is 0.306.